The minimum Gasteiger partial charge on any atom is -0.378 e. The van der Waals surface area contributed by atoms with Crippen LogP contribution >= 0.6 is 0 Å². The molecule has 1 amide bonds. The Morgan fingerprint density at radius 1 is 1.36 bits per heavy atom. The first-order chi connectivity index (χ1) is 10.7. The van der Waals surface area contributed by atoms with E-state index in [0.29, 0.717) is 5.69 Å². The number of pyridine rings is 1. The van der Waals surface area contributed by atoms with Crippen LogP contribution in [0.5, 0.6) is 0 Å². The lowest BCUT2D eigenvalue weighted by atomic mass is 10.0. The molecule has 1 fully saturated rings. The van der Waals surface area contributed by atoms with Gasteiger partial charge in [-0.1, -0.05) is 0 Å². The maximum atomic E-state index is 12.9. The van der Waals surface area contributed by atoms with Gasteiger partial charge in [-0.05, 0) is 31.4 Å². The Bertz CT molecular complexity index is 639. The number of hydrogen-bond donors (Lipinski definition) is 1. The number of aromatic nitrogens is 4. The molecule has 22 heavy (non-hydrogen) atoms. The second kappa shape index (κ2) is 6.13. The number of carbonyl (C=O) groups excluding carboxylic acids is 1. The van der Waals surface area contributed by atoms with Crippen LogP contribution in [0.4, 0.5) is 5.69 Å². The minimum atomic E-state index is -0.0511. The molecule has 7 nitrogen and oxygen atoms in total. The molecule has 7 heteroatoms. The Hall–Kier alpha value is -2.44. The summed E-state index contributed by atoms with van der Waals surface area (Å²) in [5.74, 6) is 0.696. The van der Waals surface area contributed by atoms with Crippen molar-refractivity contribution >= 4 is 11.6 Å². The van der Waals surface area contributed by atoms with E-state index in [1.165, 1.54) is 6.33 Å². The molecule has 3 heterocycles. The van der Waals surface area contributed by atoms with Gasteiger partial charge in [0.25, 0.3) is 5.91 Å². The predicted octanol–water partition coefficient (Wildman–Crippen LogP) is 1.63. The van der Waals surface area contributed by atoms with Gasteiger partial charge < -0.3 is 9.80 Å². The third-order valence-corrected chi connectivity index (χ3v) is 3.99. The normalized spacial score (nSPS) is 18.3. The van der Waals surface area contributed by atoms with Crippen molar-refractivity contribution in [1.82, 2.24) is 25.1 Å². The summed E-state index contributed by atoms with van der Waals surface area (Å²) in [5, 5.41) is 6.79. The van der Waals surface area contributed by atoms with Crippen LogP contribution in [-0.4, -0.2) is 51.6 Å². The third-order valence-electron chi connectivity index (χ3n) is 3.99. The van der Waals surface area contributed by atoms with E-state index in [2.05, 4.69) is 20.2 Å². The van der Waals surface area contributed by atoms with E-state index in [-0.39, 0.29) is 11.9 Å². The highest BCUT2D eigenvalue weighted by molar-refractivity contribution is 5.93. The maximum Gasteiger partial charge on any atom is 0.273 e. The highest BCUT2D eigenvalue weighted by atomic mass is 16.2. The summed E-state index contributed by atoms with van der Waals surface area (Å²) in [7, 11) is 3.89. The molecule has 3 rings (SSSR count). The van der Waals surface area contributed by atoms with Gasteiger partial charge in [-0.15, -0.1) is 0 Å². The molecular formula is C15H20N6O. The molecule has 1 aliphatic rings. The van der Waals surface area contributed by atoms with Crippen molar-refractivity contribution in [2.45, 2.75) is 25.3 Å². The Labute approximate surface area is 129 Å². The van der Waals surface area contributed by atoms with Gasteiger partial charge in [-0.2, -0.15) is 5.10 Å². The summed E-state index contributed by atoms with van der Waals surface area (Å²) in [4.78, 5) is 25.1. The molecule has 2 aromatic heterocycles. The number of nitrogens with one attached hydrogen (secondary N) is 1. The molecule has 0 radical (unpaired) electrons. The lowest BCUT2D eigenvalue weighted by Crippen LogP contribution is -2.39. The summed E-state index contributed by atoms with van der Waals surface area (Å²) >= 11 is 0. The van der Waals surface area contributed by atoms with Gasteiger partial charge >= 0.3 is 0 Å². The van der Waals surface area contributed by atoms with Crippen LogP contribution in [0.2, 0.25) is 0 Å². The monoisotopic (exact) mass is 300 g/mol. The van der Waals surface area contributed by atoms with Gasteiger partial charge in [-0.25, -0.2) is 4.98 Å². The van der Waals surface area contributed by atoms with Crippen molar-refractivity contribution in [1.29, 1.82) is 0 Å². The predicted molar refractivity (Wildman–Crippen MR) is 82.6 cm³/mol. The summed E-state index contributed by atoms with van der Waals surface area (Å²) in [5.41, 5.74) is 1.43. The van der Waals surface area contributed by atoms with Crippen LogP contribution in [0.15, 0.2) is 24.7 Å². The fourth-order valence-corrected chi connectivity index (χ4v) is 2.80. The molecule has 1 aliphatic heterocycles. The second-order valence-electron chi connectivity index (χ2n) is 5.67. The first kappa shape index (κ1) is 14.5. The van der Waals surface area contributed by atoms with Crippen molar-refractivity contribution in [2.24, 2.45) is 0 Å². The zero-order chi connectivity index (χ0) is 15.5. The summed E-state index contributed by atoms with van der Waals surface area (Å²) in [6.45, 7) is 0.720. The Morgan fingerprint density at radius 2 is 2.23 bits per heavy atom. The van der Waals surface area contributed by atoms with E-state index in [4.69, 9.17) is 0 Å². The smallest absolute Gasteiger partial charge is 0.273 e. The number of amides is 1. The van der Waals surface area contributed by atoms with Crippen LogP contribution in [0, 0.1) is 0 Å². The summed E-state index contributed by atoms with van der Waals surface area (Å²) in [6.07, 6.45) is 6.14. The number of rotatable bonds is 3. The standard InChI is InChI=1S/C15H20N6O/c1-20(2)11-6-7-16-12(9-11)15(22)21-8-4-3-5-13(21)14-17-10-18-19-14/h6-7,9-10,13H,3-5,8H2,1-2H3,(H,17,18,19)/t13-/m1/s1. The van der Waals surface area contributed by atoms with Gasteiger partial charge in [0.1, 0.15) is 17.8 Å². The zero-order valence-corrected chi connectivity index (χ0v) is 12.9. The van der Waals surface area contributed by atoms with E-state index in [1.807, 2.05) is 36.0 Å². The Kier molecular flexibility index (Phi) is 4.04. The van der Waals surface area contributed by atoms with Crippen LogP contribution in [0.1, 0.15) is 41.6 Å². The summed E-state index contributed by atoms with van der Waals surface area (Å²) < 4.78 is 0. The Balaban J connectivity index is 1.87. The zero-order valence-electron chi connectivity index (χ0n) is 12.9. The van der Waals surface area contributed by atoms with Crippen molar-refractivity contribution in [3.63, 3.8) is 0 Å². The van der Waals surface area contributed by atoms with Gasteiger partial charge in [0.15, 0.2) is 0 Å². The number of nitrogens with zero attached hydrogens (tertiary/aromatic N) is 5. The lowest BCUT2D eigenvalue weighted by molar-refractivity contribution is 0.0594. The van der Waals surface area contributed by atoms with E-state index >= 15 is 0 Å². The van der Waals surface area contributed by atoms with E-state index in [1.54, 1.807) is 6.20 Å². The number of piperidine rings is 1. The van der Waals surface area contributed by atoms with E-state index in [9.17, 15) is 4.79 Å². The SMILES string of the molecule is CN(C)c1ccnc(C(=O)N2CCCC[C@@H]2c2ncn[nH]2)c1. The van der Waals surface area contributed by atoms with E-state index < -0.39 is 0 Å². The quantitative estimate of drug-likeness (QED) is 0.932. The molecule has 1 N–H and O–H groups in total. The van der Waals surface area contributed by atoms with Crippen molar-refractivity contribution in [2.75, 3.05) is 25.5 Å². The molecule has 0 spiro atoms. The van der Waals surface area contributed by atoms with Gasteiger partial charge in [0.2, 0.25) is 0 Å². The first-order valence-corrected chi connectivity index (χ1v) is 7.46. The highest BCUT2D eigenvalue weighted by Crippen LogP contribution is 2.30. The van der Waals surface area contributed by atoms with Gasteiger partial charge in [-0.3, -0.25) is 14.9 Å². The number of hydrogen-bond acceptors (Lipinski definition) is 5. The minimum absolute atomic E-state index is 0.0476. The second-order valence-corrected chi connectivity index (χ2v) is 5.67. The molecule has 1 atom stereocenters. The maximum absolute atomic E-state index is 12.9. The molecule has 0 saturated carbocycles. The van der Waals surface area contributed by atoms with Gasteiger partial charge in [0.05, 0.1) is 6.04 Å². The van der Waals surface area contributed by atoms with Crippen molar-refractivity contribution in [3.8, 4) is 0 Å². The molecular weight excluding hydrogens is 280 g/mol. The molecule has 0 bridgehead atoms. The molecule has 0 aliphatic carbocycles. The summed E-state index contributed by atoms with van der Waals surface area (Å²) in [6, 6.07) is 3.67. The number of likely N-dealkylation sites (tertiary alicyclic amines) is 1. The van der Waals surface area contributed by atoms with Crippen LogP contribution in [0.25, 0.3) is 0 Å². The van der Waals surface area contributed by atoms with E-state index in [0.717, 1.165) is 37.3 Å². The fraction of sp³-hybridized carbons (Fsp3) is 0.467. The topological polar surface area (TPSA) is 78.0 Å². The number of H-pyrrole nitrogens is 1. The molecule has 116 valence electrons. The third kappa shape index (κ3) is 2.79. The van der Waals surface area contributed by atoms with Crippen molar-refractivity contribution in [3.05, 3.63) is 36.2 Å². The molecule has 1 saturated heterocycles. The van der Waals surface area contributed by atoms with Crippen molar-refractivity contribution < 1.29 is 4.79 Å². The number of anilines is 1. The highest BCUT2D eigenvalue weighted by Gasteiger charge is 2.31. The van der Waals surface area contributed by atoms with Crippen LogP contribution in [-0.2, 0) is 0 Å². The number of aromatic amines is 1. The largest absolute Gasteiger partial charge is 0.378 e. The molecule has 2 aromatic rings. The van der Waals surface area contributed by atoms with Crippen LogP contribution in [0.3, 0.4) is 0 Å². The average molecular weight is 300 g/mol. The first-order valence-electron chi connectivity index (χ1n) is 7.46. The van der Waals surface area contributed by atoms with Gasteiger partial charge in [0, 0.05) is 32.5 Å². The Morgan fingerprint density at radius 3 is 2.95 bits per heavy atom. The lowest BCUT2D eigenvalue weighted by Gasteiger charge is -2.34. The fourth-order valence-electron chi connectivity index (χ4n) is 2.80. The molecule has 0 unspecified atom stereocenters. The molecule has 0 aromatic carbocycles. The van der Waals surface area contributed by atoms with Crippen LogP contribution < -0.4 is 4.90 Å². The average Bonchev–Trinajstić information content (AvgIpc) is 3.08. The number of carbonyl (C=O) groups is 1.